The van der Waals surface area contributed by atoms with E-state index in [2.05, 4.69) is 82.1 Å². The van der Waals surface area contributed by atoms with E-state index in [1.807, 2.05) is 99.0 Å². The number of para-hydroxylation sites is 2. The fraction of sp³-hybridized carbons (Fsp3) is 0.160. The summed E-state index contributed by atoms with van der Waals surface area (Å²) in [7, 11) is 3.90. The molecule has 0 heterocycles. The number of nitrogens with zero attached hydrogens (tertiary/aromatic N) is 2. The number of benzene rings is 6. The van der Waals surface area contributed by atoms with Gasteiger partial charge in [0.05, 0.1) is 6.67 Å². The highest BCUT2D eigenvalue weighted by Crippen LogP contribution is 2.28. The van der Waals surface area contributed by atoms with Crippen LogP contribution in [0.15, 0.2) is 170 Å². The summed E-state index contributed by atoms with van der Waals surface area (Å²) in [4.78, 5) is 29.0. The van der Waals surface area contributed by atoms with Gasteiger partial charge in [-0.2, -0.15) is 0 Å². The van der Waals surface area contributed by atoms with E-state index in [1.54, 1.807) is 26.0 Å². The van der Waals surface area contributed by atoms with Crippen LogP contribution < -0.4 is 34.6 Å². The maximum atomic E-state index is 12.5. The predicted octanol–water partition coefficient (Wildman–Crippen LogP) is 10.8. The standard InChI is InChI=1S/C50H50N4O5/c1-35(2)49(55)58-47-13-9-7-11-39(47)32-53(6)43-23-15-37(16-24-43)31-38-17-25-44(26-18-38)54(33-40-12-8-10-14-48(40)59-50(56)36(3)4)34-52-42-21-29-46(30-22-42)57-45-27-19-41(51-5)20-28-45/h7-30,51-52H,1,3,31-34H2,2,4-6H3. The summed E-state index contributed by atoms with van der Waals surface area (Å²) in [5, 5.41) is 6.67. The largest absolute Gasteiger partial charge is 0.457 e. The zero-order valence-electron chi connectivity index (χ0n) is 34.0. The third-order valence-electron chi connectivity index (χ3n) is 9.61. The highest BCUT2D eigenvalue weighted by molar-refractivity contribution is 5.89. The summed E-state index contributed by atoms with van der Waals surface area (Å²) < 4.78 is 17.3. The van der Waals surface area contributed by atoms with Gasteiger partial charge in [0, 0.05) is 72.2 Å². The molecule has 0 fully saturated rings. The van der Waals surface area contributed by atoms with Gasteiger partial charge in [-0.25, -0.2) is 9.59 Å². The molecule has 6 aromatic carbocycles. The normalized spacial score (nSPS) is 10.6. The molecule has 0 amide bonds. The number of anilines is 4. The van der Waals surface area contributed by atoms with Crippen molar-refractivity contribution in [2.45, 2.75) is 33.4 Å². The molecule has 0 aliphatic carbocycles. The topological polar surface area (TPSA) is 92.4 Å². The maximum absolute atomic E-state index is 12.5. The summed E-state index contributed by atoms with van der Waals surface area (Å²) in [6, 6.07) is 47.8. The van der Waals surface area contributed by atoms with E-state index in [-0.39, 0.29) is 0 Å². The maximum Gasteiger partial charge on any atom is 0.338 e. The van der Waals surface area contributed by atoms with Crippen LogP contribution in [0.3, 0.4) is 0 Å². The van der Waals surface area contributed by atoms with Crippen LogP contribution in [-0.4, -0.2) is 32.7 Å². The van der Waals surface area contributed by atoms with Crippen molar-refractivity contribution in [1.82, 2.24) is 0 Å². The van der Waals surface area contributed by atoms with Crippen LogP contribution in [-0.2, 0) is 29.1 Å². The summed E-state index contributed by atoms with van der Waals surface area (Å²) in [6.45, 7) is 12.2. The summed E-state index contributed by atoms with van der Waals surface area (Å²) in [6.07, 6.45) is 0.760. The van der Waals surface area contributed by atoms with Crippen molar-refractivity contribution in [3.8, 4) is 23.0 Å². The third-order valence-corrected chi connectivity index (χ3v) is 9.61. The van der Waals surface area contributed by atoms with Crippen molar-refractivity contribution in [1.29, 1.82) is 0 Å². The number of hydrogen-bond donors (Lipinski definition) is 2. The van der Waals surface area contributed by atoms with Crippen molar-refractivity contribution in [3.63, 3.8) is 0 Å². The minimum Gasteiger partial charge on any atom is -0.457 e. The van der Waals surface area contributed by atoms with Gasteiger partial charge in [0.15, 0.2) is 0 Å². The van der Waals surface area contributed by atoms with E-state index in [9.17, 15) is 9.59 Å². The van der Waals surface area contributed by atoms with Crippen LogP contribution in [0.2, 0.25) is 0 Å². The SMILES string of the molecule is C=C(C)C(=O)Oc1ccccc1CN(C)c1ccc(Cc2ccc(N(CNc3ccc(Oc4ccc(NC)cc4)cc3)Cc3ccccc3OC(=O)C(=C)C)cc2)cc1. The van der Waals surface area contributed by atoms with Gasteiger partial charge < -0.3 is 34.6 Å². The lowest BCUT2D eigenvalue weighted by Crippen LogP contribution is -2.29. The summed E-state index contributed by atoms with van der Waals surface area (Å²) in [5.74, 6) is 1.63. The lowest BCUT2D eigenvalue weighted by atomic mass is 10.0. The molecule has 0 unspecified atom stereocenters. The number of carbonyl (C=O) groups is 2. The predicted molar refractivity (Wildman–Crippen MR) is 239 cm³/mol. The second kappa shape index (κ2) is 19.7. The quantitative estimate of drug-likeness (QED) is 0.0382. The van der Waals surface area contributed by atoms with Crippen LogP contribution in [0.4, 0.5) is 22.7 Å². The van der Waals surface area contributed by atoms with Gasteiger partial charge in [0.2, 0.25) is 0 Å². The van der Waals surface area contributed by atoms with E-state index < -0.39 is 11.9 Å². The molecular weight excluding hydrogens is 737 g/mol. The van der Waals surface area contributed by atoms with Crippen LogP contribution in [0.1, 0.15) is 36.1 Å². The van der Waals surface area contributed by atoms with Gasteiger partial charge in [-0.1, -0.05) is 73.8 Å². The fourth-order valence-electron chi connectivity index (χ4n) is 6.21. The van der Waals surface area contributed by atoms with Gasteiger partial charge in [0.1, 0.15) is 23.0 Å². The molecule has 2 N–H and O–H groups in total. The van der Waals surface area contributed by atoms with Crippen molar-refractivity contribution >= 4 is 34.7 Å². The molecule has 0 atom stereocenters. The van der Waals surface area contributed by atoms with Gasteiger partial charge in [-0.05, 0) is 116 Å². The first-order valence-corrected chi connectivity index (χ1v) is 19.4. The number of carbonyl (C=O) groups excluding carboxylic acids is 2. The molecule has 6 rings (SSSR count). The Morgan fingerprint density at radius 2 is 1.03 bits per heavy atom. The number of ether oxygens (including phenoxy) is 3. The first-order valence-electron chi connectivity index (χ1n) is 19.4. The minimum atomic E-state index is -0.460. The summed E-state index contributed by atoms with van der Waals surface area (Å²) in [5.41, 5.74) is 8.80. The molecule has 0 aliphatic rings. The Hall–Kier alpha value is -7.26. The van der Waals surface area contributed by atoms with E-state index in [0.717, 1.165) is 51.8 Å². The molecule has 0 aliphatic heterocycles. The van der Waals surface area contributed by atoms with Crippen molar-refractivity contribution in [3.05, 3.63) is 192 Å². The minimum absolute atomic E-state index is 0.336. The van der Waals surface area contributed by atoms with Crippen molar-refractivity contribution in [2.75, 3.05) is 41.2 Å². The average Bonchev–Trinajstić information content (AvgIpc) is 3.25. The lowest BCUT2D eigenvalue weighted by Gasteiger charge is -2.27. The van der Waals surface area contributed by atoms with Gasteiger partial charge >= 0.3 is 11.9 Å². The van der Waals surface area contributed by atoms with Crippen molar-refractivity contribution < 1.29 is 23.8 Å². The third kappa shape index (κ3) is 11.6. The molecule has 0 saturated carbocycles. The Kier molecular flexibility index (Phi) is 13.8. The van der Waals surface area contributed by atoms with Crippen LogP contribution in [0.25, 0.3) is 0 Å². The first kappa shape index (κ1) is 41.4. The van der Waals surface area contributed by atoms with Gasteiger partial charge in [-0.3, -0.25) is 0 Å². The van der Waals surface area contributed by atoms with Gasteiger partial charge in [0.25, 0.3) is 0 Å². The molecule has 0 saturated heterocycles. The highest BCUT2D eigenvalue weighted by atomic mass is 16.5. The second-order valence-corrected chi connectivity index (χ2v) is 14.4. The monoisotopic (exact) mass is 786 g/mol. The Balaban J connectivity index is 1.13. The lowest BCUT2D eigenvalue weighted by molar-refractivity contribution is -0.131. The number of esters is 2. The van der Waals surface area contributed by atoms with Crippen LogP contribution >= 0.6 is 0 Å². The second-order valence-electron chi connectivity index (χ2n) is 14.4. The Morgan fingerprint density at radius 1 is 0.576 bits per heavy atom. The van der Waals surface area contributed by atoms with Crippen LogP contribution in [0, 0.1) is 0 Å². The zero-order valence-corrected chi connectivity index (χ0v) is 34.0. The van der Waals surface area contributed by atoms with E-state index in [0.29, 0.717) is 42.4 Å². The molecule has 0 bridgehead atoms. The smallest absolute Gasteiger partial charge is 0.338 e. The highest BCUT2D eigenvalue weighted by Gasteiger charge is 2.16. The first-order chi connectivity index (χ1) is 28.5. The molecule has 0 radical (unpaired) electrons. The molecule has 0 aromatic heterocycles. The molecule has 0 spiro atoms. The Bertz CT molecular complexity index is 2370. The van der Waals surface area contributed by atoms with Crippen LogP contribution in [0.5, 0.6) is 23.0 Å². The average molecular weight is 787 g/mol. The number of rotatable bonds is 18. The van der Waals surface area contributed by atoms with E-state index in [1.165, 1.54) is 11.1 Å². The molecule has 59 heavy (non-hydrogen) atoms. The molecule has 9 heteroatoms. The van der Waals surface area contributed by atoms with Gasteiger partial charge in [-0.15, -0.1) is 0 Å². The Morgan fingerprint density at radius 3 is 1.53 bits per heavy atom. The Labute approximate surface area is 347 Å². The summed E-state index contributed by atoms with van der Waals surface area (Å²) >= 11 is 0. The molecule has 6 aromatic rings. The fourth-order valence-corrected chi connectivity index (χ4v) is 6.21. The molecule has 9 nitrogen and oxygen atoms in total. The van der Waals surface area contributed by atoms with E-state index in [4.69, 9.17) is 14.2 Å². The number of nitrogens with one attached hydrogen (secondary N) is 2. The number of hydrogen-bond acceptors (Lipinski definition) is 9. The molecule has 300 valence electrons. The van der Waals surface area contributed by atoms with E-state index >= 15 is 0 Å². The van der Waals surface area contributed by atoms with Crippen molar-refractivity contribution in [2.24, 2.45) is 0 Å². The zero-order chi connectivity index (χ0) is 41.7. The molecular formula is C50H50N4O5.